The van der Waals surface area contributed by atoms with Gasteiger partial charge in [0.2, 0.25) is 5.91 Å². The summed E-state index contributed by atoms with van der Waals surface area (Å²) < 4.78 is 0.853. The first kappa shape index (κ1) is 12.2. The molecular weight excluding hydrogens is 256 g/mol. The molecule has 1 rings (SSSR count). The third-order valence-corrected chi connectivity index (χ3v) is 2.65. The van der Waals surface area contributed by atoms with Gasteiger partial charge in [-0.2, -0.15) is 0 Å². The second-order valence-corrected chi connectivity index (χ2v) is 5.01. The van der Waals surface area contributed by atoms with Crippen molar-refractivity contribution in [2.45, 2.75) is 26.3 Å². The predicted octanol–water partition coefficient (Wildman–Crippen LogP) is 2.43. The van der Waals surface area contributed by atoms with Crippen LogP contribution in [0.1, 0.15) is 19.4 Å². The molecule has 3 nitrogen and oxygen atoms in total. The minimum Gasteiger partial charge on any atom is -0.323 e. The highest BCUT2D eigenvalue weighted by atomic mass is 79.9. The molecule has 0 aliphatic heterocycles. The molecule has 1 aromatic rings. The molecule has 3 N–H and O–H groups in total. The monoisotopic (exact) mass is 270 g/mol. The highest BCUT2D eigenvalue weighted by Crippen LogP contribution is 2.23. The summed E-state index contributed by atoms with van der Waals surface area (Å²) >= 11 is 3.37. The number of benzene rings is 1. The lowest BCUT2D eigenvalue weighted by Gasteiger charge is -2.18. The molecule has 0 saturated carbocycles. The smallest absolute Gasteiger partial charge is 0.243 e. The van der Waals surface area contributed by atoms with Crippen LogP contribution in [0.2, 0.25) is 0 Å². The third-order valence-electron chi connectivity index (χ3n) is 1.96. The van der Waals surface area contributed by atoms with Gasteiger partial charge in [0.05, 0.1) is 11.2 Å². The molecule has 1 amide bonds. The molecular formula is C11H15BrN2O. The van der Waals surface area contributed by atoms with Crippen molar-refractivity contribution in [2.75, 3.05) is 5.32 Å². The number of hydrogen-bond acceptors (Lipinski definition) is 2. The van der Waals surface area contributed by atoms with Crippen molar-refractivity contribution < 1.29 is 4.79 Å². The lowest BCUT2D eigenvalue weighted by Crippen LogP contribution is -2.45. The van der Waals surface area contributed by atoms with E-state index in [4.69, 9.17) is 5.73 Å². The average molecular weight is 271 g/mol. The maximum Gasteiger partial charge on any atom is 0.243 e. The third kappa shape index (κ3) is 3.32. The van der Waals surface area contributed by atoms with Crippen LogP contribution in [0.5, 0.6) is 0 Å². The van der Waals surface area contributed by atoms with Crippen molar-refractivity contribution in [3.8, 4) is 0 Å². The quantitative estimate of drug-likeness (QED) is 0.868. The van der Waals surface area contributed by atoms with E-state index in [0.29, 0.717) is 0 Å². The van der Waals surface area contributed by atoms with Crippen LogP contribution in [0, 0.1) is 6.92 Å². The van der Waals surface area contributed by atoms with Gasteiger partial charge >= 0.3 is 0 Å². The summed E-state index contributed by atoms with van der Waals surface area (Å²) in [6.45, 7) is 5.31. The molecule has 15 heavy (non-hydrogen) atoms. The molecule has 0 spiro atoms. The highest BCUT2D eigenvalue weighted by molar-refractivity contribution is 9.10. The lowest BCUT2D eigenvalue weighted by molar-refractivity contribution is -0.120. The molecule has 0 atom stereocenters. The van der Waals surface area contributed by atoms with E-state index in [1.165, 1.54) is 0 Å². The molecule has 0 fully saturated rings. The largest absolute Gasteiger partial charge is 0.323 e. The molecule has 0 aromatic heterocycles. The van der Waals surface area contributed by atoms with Crippen molar-refractivity contribution in [3.05, 3.63) is 28.2 Å². The van der Waals surface area contributed by atoms with Gasteiger partial charge in [0.1, 0.15) is 0 Å². The van der Waals surface area contributed by atoms with Gasteiger partial charge in [-0.05, 0) is 54.4 Å². The van der Waals surface area contributed by atoms with Gasteiger partial charge < -0.3 is 11.1 Å². The van der Waals surface area contributed by atoms with Crippen LogP contribution >= 0.6 is 15.9 Å². The van der Waals surface area contributed by atoms with Gasteiger partial charge in [-0.15, -0.1) is 0 Å². The van der Waals surface area contributed by atoms with E-state index in [1.807, 2.05) is 25.1 Å². The fourth-order valence-electron chi connectivity index (χ4n) is 1.02. The summed E-state index contributed by atoms with van der Waals surface area (Å²) in [5, 5.41) is 2.78. The molecule has 4 heteroatoms. The number of rotatable bonds is 2. The summed E-state index contributed by atoms with van der Waals surface area (Å²) in [6.07, 6.45) is 0. The van der Waals surface area contributed by atoms with Crippen LogP contribution in [0.4, 0.5) is 5.69 Å². The molecule has 0 aliphatic carbocycles. The zero-order valence-corrected chi connectivity index (χ0v) is 10.7. The average Bonchev–Trinajstić information content (AvgIpc) is 2.09. The number of nitrogens with two attached hydrogens (primary N) is 1. The second kappa shape index (κ2) is 4.33. The number of hydrogen-bond donors (Lipinski definition) is 2. The Morgan fingerprint density at radius 2 is 2.07 bits per heavy atom. The highest BCUT2D eigenvalue weighted by Gasteiger charge is 2.22. The maximum atomic E-state index is 11.6. The van der Waals surface area contributed by atoms with Crippen molar-refractivity contribution in [1.82, 2.24) is 0 Å². The molecule has 0 bridgehead atoms. The van der Waals surface area contributed by atoms with Crippen LogP contribution in [0.15, 0.2) is 22.7 Å². The zero-order valence-electron chi connectivity index (χ0n) is 9.10. The van der Waals surface area contributed by atoms with E-state index in [0.717, 1.165) is 15.7 Å². The van der Waals surface area contributed by atoms with Gasteiger partial charge in [0, 0.05) is 4.47 Å². The van der Waals surface area contributed by atoms with Crippen molar-refractivity contribution in [3.63, 3.8) is 0 Å². The van der Waals surface area contributed by atoms with E-state index in [-0.39, 0.29) is 5.91 Å². The van der Waals surface area contributed by atoms with Gasteiger partial charge in [0.15, 0.2) is 0 Å². The van der Waals surface area contributed by atoms with Gasteiger partial charge in [-0.1, -0.05) is 6.07 Å². The molecule has 0 aliphatic rings. The van der Waals surface area contributed by atoms with Crippen LogP contribution in [-0.4, -0.2) is 11.4 Å². The Morgan fingerprint density at radius 1 is 1.47 bits per heavy atom. The first-order chi connectivity index (χ1) is 6.80. The van der Waals surface area contributed by atoms with E-state index in [1.54, 1.807) is 13.8 Å². The predicted molar refractivity (Wildman–Crippen MR) is 65.8 cm³/mol. The zero-order chi connectivity index (χ0) is 11.6. The summed E-state index contributed by atoms with van der Waals surface area (Å²) in [5.41, 5.74) is 6.65. The Hall–Kier alpha value is -0.870. The Balaban J connectivity index is 2.90. The molecule has 1 aromatic carbocycles. The first-order valence-corrected chi connectivity index (χ1v) is 5.46. The SMILES string of the molecule is Cc1ccc(Br)c(NC(=O)C(C)(C)N)c1. The second-order valence-electron chi connectivity index (χ2n) is 4.16. The van der Waals surface area contributed by atoms with Gasteiger partial charge in [-0.3, -0.25) is 4.79 Å². The number of carbonyl (C=O) groups excluding carboxylic acids is 1. The molecule has 0 saturated heterocycles. The Morgan fingerprint density at radius 3 is 2.60 bits per heavy atom. The minimum absolute atomic E-state index is 0.200. The lowest BCUT2D eigenvalue weighted by atomic mass is 10.1. The summed E-state index contributed by atoms with van der Waals surface area (Å²) in [6, 6.07) is 5.76. The van der Waals surface area contributed by atoms with Crippen molar-refractivity contribution in [1.29, 1.82) is 0 Å². The maximum absolute atomic E-state index is 11.6. The molecule has 82 valence electrons. The van der Waals surface area contributed by atoms with E-state index < -0.39 is 5.54 Å². The normalized spacial score (nSPS) is 11.3. The van der Waals surface area contributed by atoms with Crippen LogP contribution in [-0.2, 0) is 4.79 Å². The Kier molecular flexibility index (Phi) is 3.52. The number of halogens is 1. The summed E-state index contributed by atoms with van der Waals surface area (Å²) in [7, 11) is 0. The summed E-state index contributed by atoms with van der Waals surface area (Å²) in [5.74, 6) is -0.200. The van der Waals surface area contributed by atoms with Crippen LogP contribution in [0.3, 0.4) is 0 Å². The number of anilines is 1. The summed E-state index contributed by atoms with van der Waals surface area (Å²) in [4.78, 5) is 11.6. The molecule has 0 heterocycles. The molecule has 0 unspecified atom stereocenters. The van der Waals surface area contributed by atoms with Crippen molar-refractivity contribution >= 4 is 27.5 Å². The minimum atomic E-state index is -0.872. The van der Waals surface area contributed by atoms with Gasteiger partial charge in [-0.25, -0.2) is 0 Å². The topological polar surface area (TPSA) is 55.1 Å². The standard InChI is InChI=1S/C11H15BrN2O/c1-7-4-5-8(12)9(6-7)14-10(15)11(2,3)13/h4-6H,13H2,1-3H3,(H,14,15). The van der Waals surface area contributed by atoms with E-state index in [2.05, 4.69) is 21.2 Å². The number of aryl methyl sites for hydroxylation is 1. The number of carbonyl (C=O) groups is 1. The van der Waals surface area contributed by atoms with E-state index in [9.17, 15) is 4.79 Å². The fourth-order valence-corrected chi connectivity index (χ4v) is 1.36. The first-order valence-electron chi connectivity index (χ1n) is 4.67. The van der Waals surface area contributed by atoms with Crippen LogP contribution < -0.4 is 11.1 Å². The Bertz CT molecular complexity index is 383. The fraction of sp³-hybridized carbons (Fsp3) is 0.364. The number of nitrogens with one attached hydrogen (secondary N) is 1. The van der Waals surface area contributed by atoms with Gasteiger partial charge in [0.25, 0.3) is 0 Å². The van der Waals surface area contributed by atoms with Crippen LogP contribution in [0.25, 0.3) is 0 Å². The Labute approximate surface area is 98.2 Å². The molecule has 0 radical (unpaired) electrons. The van der Waals surface area contributed by atoms with E-state index >= 15 is 0 Å². The van der Waals surface area contributed by atoms with Crippen molar-refractivity contribution in [2.24, 2.45) is 5.73 Å². The number of amides is 1.